The molecular formula is C13H20ClN. The second-order valence-corrected chi connectivity index (χ2v) is 4.60. The Morgan fingerprint density at radius 1 is 1.07 bits per heavy atom. The monoisotopic (exact) mass is 225 g/mol. The maximum Gasteiger partial charge on any atom is 0.0428 e. The first-order valence-corrected chi connectivity index (χ1v) is 5.87. The summed E-state index contributed by atoms with van der Waals surface area (Å²) in [5.41, 5.74) is 6.79. The lowest BCUT2D eigenvalue weighted by Crippen LogP contribution is -2.22. The average molecular weight is 226 g/mol. The van der Waals surface area contributed by atoms with Crippen LogP contribution in [0.25, 0.3) is 0 Å². The van der Waals surface area contributed by atoms with Gasteiger partial charge in [0.05, 0.1) is 0 Å². The van der Waals surface area contributed by atoms with Crippen LogP contribution >= 0.6 is 11.6 Å². The zero-order chi connectivity index (χ0) is 11.6. The van der Waals surface area contributed by atoms with Crippen LogP contribution in [0.2, 0.25) is 0 Å². The number of aryl methyl sites for hydroxylation is 2. The molecule has 0 aliphatic carbocycles. The van der Waals surface area contributed by atoms with Gasteiger partial charge in [-0.25, -0.2) is 0 Å². The molecule has 1 nitrogen and oxygen atoms in total. The number of benzene rings is 1. The van der Waals surface area contributed by atoms with E-state index >= 15 is 0 Å². The van der Waals surface area contributed by atoms with Gasteiger partial charge in [0, 0.05) is 25.2 Å². The van der Waals surface area contributed by atoms with Crippen LogP contribution in [-0.2, 0) is 0 Å². The molecular weight excluding hydrogens is 206 g/mol. The fourth-order valence-electron chi connectivity index (χ4n) is 2.01. The normalized spacial score (nSPS) is 10.5. The van der Waals surface area contributed by atoms with Crippen molar-refractivity contribution in [3.8, 4) is 0 Å². The second kappa shape index (κ2) is 4.89. The van der Waals surface area contributed by atoms with Crippen LogP contribution < -0.4 is 4.90 Å². The number of nitrogens with zero attached hydrogens (tertiary/aromatic N) is 1. The molecule has 0 fully saturated rings. The molecule has 84 valence electrons. The second-order valence-electron chi connectivity index (χ2n) is 4.22. The van der Waals surface area contributed by atoms with Crippen LogP contribution in [0.4, 0.5) is 5.69 Å². The quantitative estimate of drug-likeness (QED) is 0.711. The molecule has 0 saturated heterocycles. The summed E-state index contributed by atoms with van der Waals surface area (Å²) in [7, 11) is 2.11. The van der Waals surface area contributed by atoms with Gasteiger partial charge < -0.3 is 4.90 Å². The van der Waals surface area contributed by atoms with Gasteiger partial charge in [-0.15, -0.1) is 11.6 Å². The van der Waals surface area contributed by atoms with Crippen LogP contribution in [0.15, 0.2) is 6.07 Å². The Morgan fingerprint density at radius 3 is 1.93 bits per heavy atom. The standard InChI is InChI=1S/C13H20ClN/c1-9-8-10(2)12(4)13(11(9)3)15(5)7-6-14/h8H,6-7H2,1-5H3. The molecule has 0 aromatic heterocycles. The third-order valence-corrected chi connectivity index (χ3v) is 3.30. The van der Waals surface area contributed by atoms with Crippen LogP contribution in [0.5, 0.6) is 0 Å². The van der Waals surface area contributed by atoms with E-state index in [1.54, 1.807) is 0 Å². The fraction of sp³-hybridized carbons (Fsp3) is 0.538. The highest BCUT2D eigenvalue weighted by Gasteiger charge is 2.11. The minimum Gasteiger partial charge on any atom is -0.373 e. The van der Waals surface area contributed by atoms with Gasteiger partial charge in [-0.05, 0) is 49.9 Å². The van der Waals surface area contributed by atoms with E-state index in [2.05, 4.69) is 45.7 Å². The number of hydrogen-bond donors (Lipinski definition) is 0. The summed E-state index contributed by atoms with van der Waals surface area (Å²) in [4.78, 5) is 2.25. The topological polar surface area (TPSA) is 3.24 Å². The van der Waals surface area contributed by atoms with Gasteiger partial charge in [0.1, 0.15) is 0 Å². The Labute approximate surface area is 98.0 Å². The lowest BCUT2D eigenvalue weighted by atomic mass is 9.98. The Hall–Kier alpha value is -0.690. The molecule has 2 heteroatoms. The van der Waals surface area contributed by atoms with Crippen molar-refractivity contribution in [2.24, 2.45) is 0 Å². The summed E-state index contributed by atoms with van der Waals surface area (Å²) in [5.74, 6) is 0.669. The molecule has 0 saturated carbocycles. The Morgan fingerprint density at radius 2 is 1.53 bits per heavy atom. The van der Waals surface area contributed by atoms with Crippen LogP contribution in [-0.4, -0.2) is 19.5 Å². The summed E-state index contributed by atoms with van der Waals surface area (Å²) in [6.45, 7) is 9.59. The molecule has 0 heterocycles. The van der Waals surface area contributed by atoms with Crippen molar-refractivity contribution in [1.29, 1.82) is 0 Å². The van der Waals surface area contributed by atoms with Crippen molar-refractivity contribution in [3.63, 3.8) is 0 Å². The van der Waals surface area contributed by atoms with Crippen molar-refractivity contribution < 1.29 is 0 Å². The molecule has 0 aliphatic heterocycles. The fourth-order valence-corrected chi connectivity index (χ4v) is 2.26. The van der Waals surface area contributed by atoms with Gasteiger partial charge in [0.25, 0.3) is 0 Å². The molecule has 0 spiro atoms. The van der Waals surface area contributed by atoms with E-state index < -0.39 is 0 Å². The Balaban J connectivity index is 3.26. The van der Waals surface area contributed by atoms with E-state index in [1.807, 2.05) is 0 Å². The first-order valence-electron chi connectivity index (χ1n) is 5.33. The molecule has 0 unspecified atom stereocenters. The lowest BCUT2D eigenvalue weighted by molar-refractivity contribution is 0.952. The molecule has 1 aromatic rings. The van der Waals surface area contributed by atoms with Crippen LogP contribution in [0, 0.1) is 27.7 Å². The first kappa shape index (κ1) is 12.4. The Kier molecular flexibility index (Phi) is 4.04. The zero-order valence-corrected chi connectivity index (χ0v) is 11.1. The van der Waals surface area contributed by atoms with Gasteiger partial charge in [-0.1, -0.05) is 6.07 Å². The first-order chi connectivity index (χ1) is 6.99. The van der Waals surface area contributed by atoms with Crippen LogP contribution in [0.1, 0.15) is 22.3 Å². The summed E-state index contributed by atoms with van der Waals surface area (Å²) >= 11 is 5.79. The molecule has 0 atom stereocenters. The van der Waals surface area contributed by atoms with E-state index in [9.17, 15) is 0 Å². The van der Waals surface area contributed by atoms with Gasteiger partial charge in [-0.3, -0.25) is 0 Å². The minimum atomic E-state index is 0.669. The molecule has 15 heavy (non-hydrogen) atoms. The molecule has 0 aliphatic rings. The van der Waals surface area contributed by atoms with Gasteiger partial charge in [-0.2, -0.15) is 0 Å². The largest absolute Gasteiger partial charge is 0.373 e. The van der Waals surface area contributed by atoms with E-state index in [4.69, 9.17) is 11.6 Å². The summed E-state index contributed by atoms with van der Waals surface area (Å²) in [5, 5.41) is 0. The Bertz CT molecular complexity index is 332. The maximum atomic E-state index is 5.79. The number of rotatable bonds is 3. The van der Waals surface area contributed by atoms with Gasteiger partial charge in [0.15, 0.2) is 0 Å². The third-order valence-electron chi connectivity index (χ3n) is 3.13. The summed E-state index contributed by atoms with van der Waals surface area (Å²) in [6, 6.07) is 2.25. The molecule has 0 amide bonds. The minimum absolute atomic E-state index is 0.669. The third kappa shape index (κ3) is 2.46. The predicted molar refractivity (Wildman–Crippen MR) is 69.4 cm³/mol. The number of halogens is 1. The van der Waals surface area contributed by atoms with Crippen LogP contribution in [0.3, 0.4) is 0 Å². The van der Waals surface area contributed by atoms with Crippen molar-refractivity contribution in [3.05, 3.63) is 28.3 Å². The van der Waals surface area contributed by atoms with Crippen molar-refractivity contribution in [1.82, 2.24) is 0 Å². The van der Waals surface area contributed by atoms with Gasteiger partial charge in [0.2, 0.25) is 0 Å². The van der Waals surface area contributed by atoms with Gasteiger partial charge >= 0.3 is 0 Å². The predicted octanol–water partition coefficient (Wildman–Crippen LogP) is 3.60. The molecule has 0 radical (unpaired) electrons. The SMILES string of the molecule is Cc1cc(C)c(C)c(N(C)CCCl)c1C. The molecule has 1 aromatic carbocycles. The van der Waals surface area contributed by atoms with E-state index in [-0.39, 0.29) is 0 Å². The number of alkyl halides is 1. The number of anilines is 1. The highest BCUT2D eigenvalue weighted by atomic mass is 35.5. The summed E-state index contributed by atoms with van der Waals surface area (Å²) < 4.78 is 0. The smallest absolute Gasteiger partial charge is 0.0428 e. The average Bonchev–Trinajstić information content (AvgIpc) is 2.16. The lowest BCUT2D eigenvalue weighted by Gasteiger charge is -2.25. The summed E-state index contributed by atoms with van der Waals surface area (Å²) in [6.07, 6.45) is 0. The molecule has 1 rings (SSSR count). The van der Waals surface area contributed by atoms with Crippen molar-refractivity contribution in [2.75, 3.05) is 24.4 Å². The van der Waals surface area contributed by atoms with E-state index in [1.165, 1.54) is 27.9 Å². The highest BCUT2D eigenvalue weighted by Crippen LogP contribution is 2.29. The number of hydrogen-bond acceptors (Lipinski definition) is 1. The zero-order valence-electron chi connectivity index (χ0n) is 10.3. The van der Waals surface area contributed by atoms with Crippen molar-refractivity contribution >= 4 is 17.3 Å². The highest BCUT2D eigenvalue weighted by molar-refractivity contribution is 6.18. The molecule has 0 N–H and O–H groups in total. The van der Waals surface area contributed by atoms with E-state index in [0.717, 1.165) is 6.54 Å². The van der Waals surface area contributed by atoms with Crippen molar-refractivity contribution in [2.45, 2.75) is 27.7 Å². The maximum absolute atomic E-state index is 5.79. The van der Waals surface area contributed by atoms with E-state index in [0.29, 0.717) is 5.88 Å². The molecule has 0 bridgehead atoms.